The molecule has 0 aromatic rings. The van der Waals surface area contributed by atoms with Crippen LogP contribution in [-0.2, 0) is 23.8 Å². The number of hydrogen-bond donors (Lipinski definition) is 1. The molecule has 4 spiro atoms. The molecule has 8 heteroatoms. The van der Waals surface area contributed by atoms with Crippen LogP contribution in [0.1, 0.15) is 99.8 Å². The molecule has 1 amide bonds. The fourth-order valence-corrected chi connectivity index (χ4v) is 10.3. The van der Waals surface area contributed by atoms with Gasteiger partial charge in [-0.25, -0.2) is 9.59 Å². The van der Waals surface area contributed by atoms with Crippen LogP contribution in [0.4, 0.5) is 4.79 Å². The van der Waals surface area contributed by atoms with Crippen molar-refractivity contribution in [1.29, 1.82) is 0 Å². The van der Waals surface area contributed by atoms with Crippen molar-refractivity contribution in [2.24, 2.45) is 32.5 Å². The number of amides is 1. The molecule has 0 aromatic heterocycles. The van der Waals surface area contributed by atoms with Crippen LogP contribution in [0.25, 0.3) is 0 Å². The van der Waals surface area contributed by atoms with Gasteiger partial charge in [0.15, 0.2) is 0 Å². The summed E-state index contributed by atoms with van der Waals surface area (Å²) in [5, 5.41) is 3.36. The predicted molar refractivity (Wildman–Crippen MR) is 147 cm³/mol. The molecule has 0 radical (unpaired) electrons. The molecule has 0 bridgehead atoms. The first kappa shape index (κ1) is 28.7. The Hall–Kier alpha value is -1.83. The Morgan fingerprint density at radius 1 is 0.769 bits per heavy atom. The molecule has 8 nitrogen and oxygen atoms in total. The average Bonchev–Trinajstić information content (AvgIpc) is 3.20. The Balaban J connectivity index is 0.000000168. The molecule has 6 fully saturated rings. The van der Waals surface area contributed by atoms with Crippen molar-refractivity contribution < 1.29 is 28.6 Å². The van der Waals surface area contributed by atoms with E-state index in [4.69, 9.17) is 14.2 Å². The molecule has 6 aliphatic rings. The summed E-state index contributed by atoms with van der Waals surface area (Å²) in [6, 6.07) is -0.585. The lowest BCUT2D eigenvalue weighted by Gasteiger charge is -2.32. The smallest absolute Gasteiger partial charge is 0.411 e. The second-order valence-corrected chi connectivity index (χ2v) is 15.3. The number of methoxy groups -OCH3 is 2. The molecule has 2 heterocycles. The molecule has 0 aromatic carbocycles. The maximum atomic E-state index is 12.6. The third kappa shape index (κ3) is 3.48. The first-order valence-corrected chi connectivity index (χ1v) is 14.9. The minimum absolute atomic E-state index is 0.0357. The predicted octanol–water partition coefficient (Wildman–Crippen LogP) is 5.08. The highest BCUT2D eigenvalue weighted by Crippen LogP contribution is 2.88. The van der Waals surface area contributed by atoms with Crippen LogP contribution in [-0.4, -0.2) is 67.9 Å². The largest absolute Gasteiger partial charge is 0.468 e. The molecular formula is C31H50N2O6. The SMILES string of the molecule is COC(=O)[C@@H]1C[C@@]2(CN1)C(C)(C)C21CCC1.COC(=O)[C@@H]1C[C@@]2(CN1C(=O)OC(C)(C)C)C(C)(C)C21CCC1. The summed E-state index contributed by atoms with van der Waals surface area (Å²) in [7, 11) is 2.86. The van der Waals surface area contributed by atoms with Gasteiger partial charge in [-0.2, -0.15) is 0 Å². The summed E-state index contributed by atoms with van der Waals surface area (Å²) in [5.41, 5.74) is 1.25. The Morgan fingerprint density at radius 3 is 1.69 bits per heavy atom. The van der Waals surface area contributed by atoms with Crippen molar-refractivity contribution in [3.63, 3.8) is 0 Å². The van der Waals surface area contributed by atoms with Gasteiger partial charge in [0.25, 0.3) is 0 Å². The number of rotatable bonds is 2. The minimum Gasteiger partial charge on any atom is -0.468 e. The monoisotopic (exact) mass is 546 g/mol. The van der Waals surface area contributed by atoms with E-state index in [1.165, 1.54) is 52.7 Å². The number of ether oxygens (including phenoxy) is 3. The van der Waals surface area contributed by atoms with E-state index in [-0.39, 0.29) is 28.8 Å². The highest BCUT2D eigenvalue weighted by atomic mass is 16.6. The summed E-state index contributed by atoms with van der Waals surface area (Å²) >= 11 is 0. The van der Waals surface area contributed by atoms with Crippen molar-refractivity contribution in [2.45, 2.75) is 118 Å². The van der Waals surface area contributed by atoms with Crippen molar-refractivity contribution in [1.82, 2.24) is 10.2 Å². The van der Waals surface area contributed by atoms with Gasteiger partial charge in [-0.1, -0.05) is 40.5 Å². The second-order valence-electron chi connectivity index (χ2n) is 15.3. The van der Waals surface area contributed by atoms with E-state index in [1.807, 2.05) is 20.8 Å². The van der Waals surface area contributed by atoms with Crippen LogP contribution in [0.2, 0.25) is 0 Å². The first-order valence-electron chi connectivity index (χ1n) is 14.9. The van der Waals surface area contributed by atoms with E-state index in [1.54, 1.807) is 4.90 Å². The zero-order chi connectivity index (χ0) is 28.9. The number of nitrogens with zero attached hydrogens (tertiary/aromatic N) is 1. The fourth-order valence-electron chi connectivity index (χ4n) is 10.3. The highest BCUT2D eigenvalue weighted by Gasteiger charge is 2.86. The van der Waals surface area contributed by atoms with Crippen molar-refractivity contribution in [3.05, 3.63) is 0 Å². The molecule has 4 atom stereocenters. The summed E-state index contributed by atoms with van der Waals surface area (Å²) in [4.78, 5) is 38.1. The zero-order valence-corrected chi connectivity index (χ0v) is 25.6. The van der Waals surface area contributed by atoms with Crippen molar-refractivity contribution >= 4 is 18.0 Å². The molecule has 0 unspecified atom stereocenters. The Labute approximate surface area is 234 Å². The maximum absolute atomic E-state index is 12.6. The standard InChI is InChI=1S/C18H29NO4.C13H21NO2/c1-15(2,3)23-14(21)19-11-18(10-12(19)13(20)22-6)16(4,5)17(18)8-7-9-17;1-11(2)12(5-4-6-12)13(11)7-9(14-8-13)10(15)16-3/h12H,7-11H2,1-6H3;9,14H,4-8H2,1-3H3/t12-,18+;9-,13+/m00/s1. The summed E-state index contributed by atoms with van der Waals surface area (Å²) in [5.74, 6) is -0.418. The van der Waals surface area contributed by atoms with Crippen LogP contribution in [0.15, 0.2) is 0 Å². The molecule has 4 aliphatic carbocycles. The number of fused-ring (bicyclic) bond motifs is 2. The van der Waals surface area contributed by atoms with Crippen LogP contribution in [0.5, 0.6) is 0 Å². The molecule has 1 N–H and O–H groups in total. The van der Waals surface area contributed by atoms with Crippen LogP contribution >= 0.6 is 0 Å². The number of carbonyl (C=O) groups is 3. The van der Waals surface area contributed by atoms with Gasteiger partial charge >= 0.3 is 18.0 Å². The molecule has 6 rings (SSSR count). The summed E-state index contributed by atoms with van der Waals surface area (Å²) in [6.45, 7) is 16.5. The van der Waals surface area contributed by atoms with E-state index in [2.05, 4.69) is 33.0 Å². The molecule has 2 saturated heterocycles. The molecule has 220 valence electrons. The zero-order valence-electron chi connectivity index (χ0n) is 25.6. The van der Waals surface area contributed by atoms with Crippen LogP contribution in [0.3, 0.4) is 0 Å². The topological polar surface area (TPSA) is 94.2 Å². The van der Waals surface area contributed by atoms with Gasteiger partial charge in [0.05, 0.1) is 14.2 Å². The van der Waals surface area contributed by atoms with E-state index >= 15 is 0 Å². The van der Waals surface area contributed by atoms with Gasteiger partial charge in [-0.3, -0.25) is 9.69 Å². The third-order valence-corrected chi connectivity index (χ3v) is 13.1. The van der Waals surface area contributed by atoms with Gasteiger partial charge in [0.1, 0.15) is 17.7 Å². The van der Waals surface area contributed by atoms with Crippen LogP contribution in [0, 0.1) is 32.5 Å². The van der Waals surface area contributed by atoms with E-state index < -0.39 is 17.7 Å². The lowest BCUT2D eigenvalue weighted by atomic mass is 9.73. The van der Waals surface area contributed by atoms with Crippen LogP contribution < -0.4 is 5.32 Å². The minimum atomic E-state index is -0.569. The van der Waals surface area contributed by atoms with E-state index in [9.17, 15) is 14.4 Å². The number of esters is 2. The highest BCUT2D eigenvalue weighted by molar-refractivity contribution is 5.83. The molecular weight excluding hydrogens is 496 g/mol. The second kappa shape index (κ2) is 8.59. The number of hydrogen-bond acceptors (Lipinski definition) is 7. The normalized spacial score (nSPS) is 37.0. The average molecular weight is 547 g/mol. The van der Waals surface area contributed by atoms with E-state index in [0.29, 0.717) is 34.6 Å². The van der Waals surface area contributed by atoms with E-state index in [0.717, 1.165) is 13.0 Å². The van der Waals surface area contributed by atoms with Gasteiger partial charge in [0, 0.05) is 18.5 Å². The molecule has 39 heavy (non-hydrogen) atoms. The number of nitrogens with one attached hydrogen (secondary N) is 1. The summed E-state index contributed by atoms with van der Waals surface area (Å²) in [6.07, 6.45) is 9.02. The maximum Gasteiger partial charge on any atom is 0.411 e. The van der Waals surface area contributed by atoms with Gasteiger partial charge in [0.2, 0.25) is 0 Å². The third-order valence-electron chi connectivity index (χ3n) is 13.1. The molecule has 2 aliphatic heterocycles. The van der Waals surface area contributed by atoms with Crippen molar-refractivity contribution in [3.8, 4) is 0 Å². The lowest BCUT2D eigenvalue weighted by molar-refractivity contribution is -0.145. The Bertz CT molecular complexity index is 1050. The quantitative estimate of drug-likeness (QED) is 0.381. The number of likely N-dealkylation sites (tertiary alicyclic amines) is 1. The fraction of sp³-hybridized carbons (Fsp3) is 0.903. The summed E-state index contributed by atoms with van der Waals surface area (Å²) < 4.78 is 15.3. The lowest BCUT2D eigenvalue weighted by Crippen LogP contribution is -2.44. The first-order chi connectivity index (χ1) is 18.0. The van der Waals surface area contributed by atoms with Crippen molar-refractivity contribution in [2.75, 3.05) is 27.3 Å². The van der Waals surface area contributed by atoms with Gasteiger partial charge in [-0.05, 0) is 86.4 Å². The molecule has 4 saturated carbocycles. The number of carbonyl (C=O) groups excluding carboxylic acids is 3. The Morgan fingerprint density at radius 2 is 1.28 bits per heavy atom. The van der Waals surface area contributed by atoms with Gasteiger partial charge < -0.3 is 19.5 Å². The van der Waals surface area contributed by atoms with Gasteiger partial charge in [-0.15, -0.1) is 0 Å². The Kier molecular flexibility index (Phi) is 6.32.